The van der Waals surface area contributed by atoms with Gasteiger partial charge in [0, 0.05) is 32.9 Å². The average molecular weight is 1000 g/mol. The van der Waals surface area contributed by atoms with Gasteiger partial charge in [-0.1, -0.05) is 273 Å². The Balaban J connectivity index is 1.18. The summed E-state index contributed by atoms with van der Waals surface area (Å²) >= 11 is 0. The Kier molecular flexibility index (Phi) is 11.2. The summed E-state index contributed by atoms with van der Waals surface area (Å²) in [5, 5.41) is 15.7. The van der Waals surface area contributed by atoms with Gasteiger partial charge in [-0.25, -0.2) is 0 Å². The van der Waals surface area contributed by atoms with Gasteiger partial charge in [0.1, 0.15) is 0 Å². The maximum Gasteiger partial charge on any atom is 0.179 e. The Morgan fingerprint density at radius 3 is 0.671 bits per heavy atom. The normalized spacial score (nSPS) is 11.9. The van der Waals surface area contributed by atoms with Crippen LogP contribution in [0.25, 0.3) is 66.1 Å². The molecule has 0 amide bonds. The molecule has 2 heterocycles. The van der Waals surface area contributed by atoms with Gasteiger partial charge in [0.05, 0.1) is 22.1 Å². The number of nitrogens with zero attached hydrogens (tertiary/aromatic N) is 2. The molecule has 0 aliphatic heterocycles. The minimum absolute atomic E-state index is 1.11. The highest BCUT2D eigenvalue weighted by atomic mass is 28.3. The number of rotatable bonds is 11. The molecule has 0 radical (unpaired) electrons. The van der Waals surface area contributed by atoms with Crippen molar-refractivity contribution in [2.75, 3.05) is 0 Å². The number of hydrogen-bond donors (Lipinski definition) is 0. The first-order chi connectivity index (χ1) is 37.7. The van der Waals surface area contributed by atoms with E-state index in [4.69, 9.17) is 0 Å². The smallest absolute Gasteiger partial charge is 0.179 e. The number of fused-ring (bicyclic) bond motifs is 6. The van der Waals surface area contributed by atoms with E-state index >= 15 is 0 Å². The first-order valence-corrected chi connectivity index (χ1v) is 30.3. The Morgan fingerprint density at radius 1 is 0.184 bits per heavy atom. The summed E-state index contributed by atoms with van der Waals surface area (Å²) < 4.78 is 4.98. The molecule has 0 N–H and O–H groups in total. The van der Waals surface area contributed by atoms with E-state index in [1.807, 2.05) is 0 Å². The molecule has 0 aliphatic carbocycles. The fraction of sp³-hybridized carbons (Fsp3) is 0. The molecule has 0 atom stereocenters. The largest absolute Gasteiger partial charge is 0.309 e. The van der Waals surface area contributed by atoms with Gasteiger partial charge in [-0.05, 0) is 95.1 Å². The second-order valence-corrected chi connectivity index (χ2v) is 27.6. The Hall–Kier alpha value is -9.33. The zero-order chi connectivity index (χ0) is 50.5. The van der Waals surface area contributed by atoms with Crippen molar-refractivity contribution >= 4 is 101 Å². The molecular weight excluding hydrogens is 949 g/mol. The number of aromatic nitrogens is 2. The molecule has 2 nitrogen and oxygen atoms in total. The summed E-state index contributed by atoms with van der Waals surface area (Å²) in [5.41, 5.74) is 9.24. The lowest BCUT2D eigenvalue weighted by Gasteiger charge is -2.38. The molecule has 2 aromatic heterocycles. The van der Waals surface area contributed by atoms with Crippen molar-refractivity contribution in [3.63, 3.8) is 0 Å². The molecule has 0 unspecified atom stereocenters. The standard InChI is InChI=1S/C72H52N2Si2/c1-7-27-57(28-8-1)75(58-29-9-2-10-30-58,59-31-11-3-12-32-59)63-49-54(50-64(52-63)76(60-33-13-4-14-34-60,61-35-15-5-16-36-61)62-37-17-6-18-38-62)53-47-55(73-69-43-23-19-39-65(69)66-40-20-24-44-70(66)73)51-56(48-53)74-71-45-25-21-41-67(71)68-42-22-26-46-72(68)74/h1-52H. The molecule has 0 saturated heterocycles. The third-order valence-electron chi connectivity index (χ3n) is 16.0. The summed E-state index contributed by atoms with van der Waals surface area (Å²) in [4.78, 5) is 0. The highest BCUT2D eigenvalue weighted by Crippen LogP contribution is 2.38. The van der Waals surface area contributed by atoms with E-state index in [0.29, 0.717) is 0 Å². The Morgan fingerprint density at radius 2 is 0.408 bits per heavy atom. The van der Waals surface area contributed by atoms with Crippen LogP contribution in [0, 0.1) is 0 Å². The number of hydrogen-bond acceptors (Lipinski definition) is 0. The molecule has 4 heteroatoms. The first-order valence-electron chi connectivity index (χ1n) is 26.3. The van der Waals surface area contributed by atoms with E-state index in [1.165, 1.54) is 90.7 Å². The molecule has 0 aliphatic rings. The van der Waals surface area contributed by atoms with Gasteiger partial charge in [-0.2, -0.15) is 0 Å². The van der Waals surface area contributed by atoms with Gasteiger partial charge in [-0.3, -0.25) is 0 Å². The van der Waals surface area contributed by atoms with Crippen molar-refractivity contribution in [1.82, 2.24) is 9.13 Å². The quantitative estimate of drug-likeness (QED) is 0.0903. The topological polar surface area (TPSA) is 9.86 Å². The van der Waals surface area contributed by atoms with Gasteiger partial charge < -0.3 is 9.13 Å². The fourth-order valence-corrected chi connectivity index (χ4v) is 22.6. The Labute approximate surface area is 445 Å². The highest BCUT2D eigenvalue weighted by molar-refractivity contribution is 7.22. The van der Waals surface area contributed by atoms with Crippen LogP contribution < -0.4 is 41.5 Å². The van der Waals surface area contributed by atoms with Crippen molar-refractivity contribution in [2.45, 2.75) is 0 Å². The minimum Gasteiger partial charge on any atom is -0.309 e. The molecule has 14 aromatic rings. The third-order valence-corrected chi connectivity index (χ3v) is 25.5. The molecule has 0 spiro atoms. The van der Waals surface area contributed by atoms with Crippen LogP contribution in [-0.4, -0.2) is 25.3 Å². The maximum atomic E-state index is 2.66. The molecule has 14 rings (SSSR count). The summed E-state index contributed by atoms with van der Waals surface area (Å²) in [7, 11) is -6.29. The predicted octanol–water partition coefficient (Wildman–Crippen LogP) is 12.3. The van der Waals surface area contributed by atoms with Crippen LogP contribution in [0.4, 0.5) is 0 Å². The van der Waals surface area contributed by atoms with E-state index in [2.05, 4.69) is 325 Å². The molecule has 76 heavy (non-hydrogen) atoms. The molecule has 0 saturated carbocycles. The van der Waals surface area contributed by atoms with Crippen LogP contribution in [0.15, 0.2) is 315 Å². The van der Waals surface area contributed by atoms with E-state index in [-0.39, 0.29) is 0 Å². The molecule has 12 aromatic carbocycles. The SMILES string of the molecule is c1ccc([Si](c2ccccc2)(c2ccccc2)c2cc(-c3cc(-n4c5ccccc5c5ccccc54)cc(-n4c5ccccc5c5ccccc54)c3)cc([Si](c3ccccc3)(c3ccccc3)c3ccccc3)c2)cc1. The van der Waals surface area contributed by atoms with Crippen LogP contribution in [0.1, 0.15) is 0 Å². The molecule has 0 bridgehead atoms. The lowest BCUT2D eigenvalue weighted by Crippen LogP contribution is -2.78. The van der Waals surface area contributed by atoms with E-state index in [9.17, 15) is 0 Å². The fourth-order valence-electron chi connectivity index (χ4n) is 12.8. The van der Waals surface area contributed by atoms with Gasteiger partial charge in [0.25, 0.3) is 0 Å². The van der Waals surface area contributed by atoms with E-state index in [0.717, 1.165) is 16.9 Å². The molecular formula is C72H52N2Si2. The van der Waals surface area contributed by atoms with Crippen molar-refractivity contribution in [1.29, 1.82) is 0 Å². The van der Waals surface area contributed by atoms with Gasteiger partial charge in [0.15, 0.2) is 16.1 Å². The molecule has 0 fully saturated rings. The first kappa shape index (κ1) is 45.3. The summed E-state index contributed by atoms with van der Waals surface area (Å²) in [6.45, 7) is 0. The Bertz CT molecular complexity index is 3800. The number of benzene rings is 12. The zero-order valence-corrected chi connectivity index (χ0v) is 43.9. The van der Waals surface area contributed by atoms with Crippen molar-refractivity contribution in [3.05, 3.63) is 315 Å². The summed E-state index contributed by atoms with van der Waals surface area (Å²) in [6.07, 6.45) is 0. The van der Waals surface area contributed by atoms with Gasteiger partial charge in [-0.15, -0.1) is 0 Å². The van der Waals surface area contributed by atoms with Crippen LogP contribution in [-0.2, 0) is 0 Å². The van der Waals surface area contributed by atoms with E-state index in [1.54, 1.807) is 0 Å². The lowest BCUT2D eigenvalue weighted by molar-refractivity contribution is 1.13. The second-order valence-electron chi connectivity index (χ2n) is 20.0. The zero-order valence-electron chi connectivity index (χ0n) is 41.9. The minimum atomic E-state index is -3.14. The van der Waals surface area contributed by atoms with Gasteiger partial charge in [0.2, 0.25) is 0 Å². The predicted molar refractivity (Wildman–Crippen MR) is 328 cm³/mol. The lowest BCUT2D eigenvalue weighted by atomic mass is 10.0. The second kappa shape index (κ2) is 18.9. The van der Waals surface area contributed by atoms with Crippen LogP contribution in [0.5, 0.6) is 0 Å². The van der Waals surface area contributed by atoms with Crippen molar-refractivity contribution in [3.8, 4) is 22.5 Å². The van der Waals surface area contributed by atoms with Crippen molar-refractivity contribution < 1.29 is 0 Å². The summed E-state index contributed by atoms with van der Waals surface area (Å²) in [5.74, 6) is 0. The van der Waals surface area contributed by atoms with Crippen LogP contribution in [0.2, 0.25) is 0 Å². The highest BCUT2D eigenvalue weighted by Gasteiger charge is 2.46. The van der Waals surface area contributed by atoms with Gasteiger partial charge >= 0.3 is 0 Å². The van der Waals surface area contributed by atoms with Crippen LogP contribution in [0.3, 0.4) is 0 Å². The maximum absolute atomic E-state index is 3.14. The van der Waals surface area contributed by atoms with Crippen molar-refractivity contribution in [2.24, 2.45) is 0 Å². The number of para-hydroxylation sites is 4. The monoisotopic (exact) mass is 1000 g/mol. The average Bonchev–Trinajstić information content (AvgIpc) is 4.06. The van der Waals surface area contributed by atoms with Crippen LogP contribution >= 0.6 is 0 Å². The van der Waals surface area contributed by atoms with E-state index < -0.39 is 16.1 Å². The summed E-state index contributed by atoms with van der Waals surface area (Å²) in [6, 6.07) is 119. The molecule has 358 valence electrons. The third kappa shape index (κ3) is 7.21.